The molecule has 122 valence electrons. The number of anilines is 1. The fourth-order valence-electron chi connectivity index (χ4n) is 2.23. The monoisotopic (exact) mass is 322 g/mol. The van der Waals surface area contributed by atoms with Crippen molar-refractivity contribution in [3.05, 3.63) is 66.5 Å². The van der Waals surface area contributed by atoms with Crippen LogP contribution in [0, 0.1) is 6.92 Å². The van der Waals surface area contributed by atoms with Crippen LogP contribution in [0.4, 0.5) is 5.82 Å². The Morgan fingerprint density at radius 1 is 1.12 bits per heavy atom. The maximum Gasteiger partial charge on any atom is 0.251 e. The zero-order valence-electron chi connectivity index (χ0n) is 13.3. The van der Waals surface area contributed by atoms with Crippen molar-refractivity contribution in [2.24, 2.45) is 0 Å². The summed E-state index contributed by atoms with van der Waals surface area (Å²) in [6.45, 7) is 2.91. The van der Waals surface area contributed by atoms with Crippen molar-refractivity contribution in [3.8, 4) is 5.82 Å². The van der Waals surface area contributed by atoms with E-state index in [0.29, 0.717) is 24.5 Å². The van der Waals surface area contributed by atoms with Crippen molar-refractivity contribution < 1.29 is 4.79 Å². The normalized spacial score (nSPS) is 10.4. The van der Waals surface area contributed by atoms with E-state index >= 15 is 0 Å². The van der Waals surface area contributed by atoms with Crippen LogP contribution in [0.2, 0.25) is 0 Å². The van der Waals surface area contributed by atoms with Gasteiger partial charge in [-0.05, 0) is 31.2 Å². The average Bonchev–Trinajstić information content (AvgIpc) is 3.13. The molecule has 1 amide bonds. The topological polar surface area (TPSA) is 84.7 Å². The number of carbonyl (C=O) groups is 1. The molecule has 0 aliphatic carbocycles. The summed E-state index contributed by atoms with van der Waals surface area (Å²) in [4.78, 5) is 24.6. The Labute approximate surface area is 139 Å². The fraction of sp³-hybridized carbons (Fsp3) is 0.176. The number of aryl methyl sites for hydroxylation is 1. The summed E-state index contributed by atoms with van der Waals surface area (Å²) < 4.78 is 1.92. The maximum absolute atomic E-state index is 11.9. The van der Waals surface area contributed by atoms with Crippen molar-refractivity contribution >= 4 is 11.7 Å². The molecule has 3 rings (SSSR count). The van der Waals surface area contributed by atoms with E-state index in [1.807, 2.05) is 42.1 Å². The number of carbonyl (C=O) groups excluding carboxylic acids is 1. The van der Waals surface area contributed by atoms with Crippen LogP contribution in [0.5, 0.6) is 0 Å². The Kier molecular flexibility index (Phi) is 4.81. The maximum atomic E-state index is 11.9. The van der Waals surface area contributed by atoms with Crippen molar-refractivity contribution in [2.45, 2.75) is 6.92 Å². The Morgan fingerprint density at radius 3 is 2.62 bits per heavy atom. The number of pyridine rings is 1. The molecule has 0 aliphatic heterocycles. The molecule has 3 heterocycles. The lowest BCUT2D eigenvalue weighted by Crippen LogP contribution is -2.28. The molecule has 0 saturated heterocycles. The van der Waals surface area contributed by atoms with Crippen LogP contribution in [0.15, 0.2) is 55.1 Å². The summed E-state index contributed by atoms with van der Waals surface area (Å²) in [5, 5.41) is 6.05. The molecule has 0 unspecified atom stereocenters. The lowest BCUT2D eigenvalue weighted by atomic mass is 10.2. The van der Waals surface area contributed by atoms with Crippen LogP contribution in [-0.4, -0.2) is 38.5 Å². The van der Waals surface area contributed by atoms with E-state index in [1.54, 1.807) is 24.5 Å². The summed E-state index contributed by atoms with van der Waals surface area (Å²) in [5.74, 6) is 2.09. The molecule has 0 radical (unpaired) electrons. The zero-order chi connectivity index (χ0) is 16.8. The smallest absolute Gasteiger partial charge is 0.251 e. The van der Waals surface area contributed by atoms with Crippen LogP contribution >= 0.6 is 0 Å². The van der Waals surface area contributed by atoms with Gasteiger partial charge in [-0.2, -0.15) is 0 Å². The Morgan fingerprint density at radius 2 is 1.88 bits per heavy atom. The molecule has 0 atom stereocenters. The Hall–Kier alpha value is -3.22. The molecule has 0 spiro atoms. The van der Waals surface area contributed by atoms with Gasteiger partial charge in [0.25, 0.3) is 5.91 Å². The van der Waals surface area contributed by atoms with Gasteiger partial charge < -0.3 is 15.2 Å². The number of amides is 1. The van der Waals surface area contributed by atoms with Crippen molar-refractivity contribution in [2.75, 3.05) is 18.4 Å². The third kappa shape index (κ3) is 3.95. The minimum Gasteiger partial charge on any atom is -0.368 e. The zero-order valence-corrected chi connectivity index (χ0v) is 13.3. The summed E-state index contributed by atoms with van der Waals surface area (Å²) >= 11 is 0. The number of nitrogens with one attached hydrogen (secondary N) is 2. The first kappa shape index (κ1) is 15.7. The molecule has 2 N–H and O–H groups in total. The highest BCUT2D eigenvalue weighted by molar-refractivity contribution is 5.93. The molecule has 0 aromatic carbocycles. The fourth-order valence-corrected chi connectivity index (χ4v) is 2.23. The molecule has 0 bridgehead atoms. The lowest BCUT2D eigenvalue weighted by molar-refractivity contribution is 0.0955. The van der Waals surface area contributed by atoms with Crippen LogP contribution in [0.3, 0.4) is 0 Å². The van der Waals surface area contributed by atoms with Gasteiger partial charge in [0.05, 0.1) is 0 Å². The number of rotatable bonds is 6. The van der Waals surface area contributed by atoms with E-state index in [2.05, 4.69) is 25.6 Å². The van der Waals surface area contributed by atoms with Gasteiger partial charge in [-0.25, -0.2) is 9.97 Å². The van der Waals surface area contributed by atoms with E-state index < -0.39 is 0 Å². The molecule has 7 heteroatoms. The van der Waals surface area contributed by atoms with Gasteiger partial charge >= 0.3 is 0 Å². The summed E-state index contributed by atoms with van der Waals surface area (Å²) in [6.07, 6.45) is 7.06. The van der Waals surface area contributed by atoms with Gasteiger partial charge in [0.2, 0.25) is 0 Å². The van der Waals surface area contributed by atoms with Gasteiger partial charge in [-0.15, -0.1) is 0 Å². The number of nitrogens with zero attached hydrogens (tertiary/aromatic N) is 4. The molecule has 24 heavy (non-hydrogen) atoms. The Balaban J connectivity index is 1.54. The SMILES string of the molecule is Cc1nc(NCCNC(=O)c2ccncc2)cc(-n2cccc2)n1. The van der Waals surface area contributed by atoms with Gasteiger partial charge in [0, 0.05) is 49.5 Å². The number of aromatic nitrogens is 4. The largest absolute Gasteiger partial charge is 0.368 e. The van der Waals surface area contributed by atoms with E-state index in [4.69, 9.17) is 0 Å². The molecular formula is C17H18N6O. The molecule has 3 aromatic heterocycles. The third-order valence-electron chi connectivity index (χ3n) is 3.35. The summed E-state index contributed by atoms with van der Waals surface area (Å²) in [7, 11) is 0. The molecular weight excluding hydrogens is 304 g/mol. The molecule has 0 saturated carbocycles. The second-order valence-electron chi connectivity index (χ2n) is 5.17. The highest BCUT2D eigenvalue weighted by Crippen LogP contribution is 2.11. The van der Waals surface area contributed by atoms with Crippen LogP contribution in [-0.2, 0) is 0 Å². The van der Waals surface area contributed by atoms with Gasteiger partial charge in [-0.3, -0.25) is 9.78 Å². The van der Waals surface area contributed by atoms with E-state index in [9.17, 15) is 4.79 Å². The second kappa shape index (κ2) is 7.36. The van der Waals surface area contributed by atoms with E-state index in [0.717, 1.165) is 11.6 Å². The van der Waals surface area contributed by atoms with E-state index in [-0.39, 0.29) is 5.91 Å². The van der Waals surface area contributed by atoms with Crippen molar-refractivity contribution in [1.29, 1.82) is 0 Å². The first-order chi connectivity index (χ1) is 11.7. The first-order valence-corrected chi connectivity index (χ1v) is 7.63. The van der Waals surface area contributed by atoms with Crippen LogP contribution in [0.1, 0.15) is 16.2 Å². The standard InChI is InChI=1S/C17H18N6O/c1-13-21-15(12-16(22-13)23-10-2-3-11-23)19-8-9-20-17(24)14-4-6-18-7-5-14/h2-7,10-12H,8-9H2,1H3,(H,20,24)(H,19,21,22). The minimum atomic E-state index is -0.119. The predicted octanol–water partition coefficient (Wildman–Crippen LogP) is 1.81. The van der Waals surface area contributed by atoms with Crippen LogP contribution in [0.25, 0.3) is 5.82 Å². The van der Waals surface area contributed by atoms with Gasteiger partial charge in [0.1, 0.15) is 17.5 Å². The van der Waals surface area contributed by atoms with E-state index in [1.165, 1.54) is 0 Å². The minimum absolute atomic E-state index is 0.119. The highest BCUT2D eigenvalue weighted by Gasteiger charge is 2.05. The second-order valence-corrected chi connectivity index (χ2v) is 5.17. The molecule has 7 nitrogen and oxygen atoms in total. The Bertz CT molecular complexity index is 801. The lowest BCUT2D eigenvalue weighted by Gasteiger charge is -2.10. The highest BCUT2D eigenvalue weighted by atomic mass is 16.1. The third-order valence-corrected chi connectivity index (χ3v) is 3.35. The number of hydrogen-bond acceptors (Lipinski definition) is 5. The molecule has 0 aliphatic rings. The van der Waals surface area contributed by atoms with Gasteiger partial charge in [-0.1, -0.05) is 0 Å². The van der Waals surface area contributed by atoms with Crippen molar-refractivity contribution in [1.82, 2.24) is 24.8 Å². The summed E-state index contributed by atoms with van der Waals surface area (Å²) in [6, 6.07) is 9.12. The van der Waals surface area contributed by atoms with Crippen molar-refractivity contribution in [3.63, 3.8) is 0 Å². The average molecular weight is 322 g/mol. The number of hydrogen-bond donors (Lipinski definition) is 2. The predicted molar refractivity (Wildman–Crippen MR) is 91.2 cm³/mol. The first-order valence-electron chi connectivity index (χ1n) is 7.63. The van der Waals surface area contributed by atoms with Crippen LogP contribution < -0.4 is 10.6 Å². The quantitative estimate of drug-likeness (QED) is 0.676. The van der Waals surface area contributed by atoms with Gasteiger partial charge in [0.15, 0.2) is 0 Å². The summed E-state index contributed by atoms with van der Waals surface area (Å²) in [5.41, 5.74) is 0.595. The molecule has 0 fully saturated rings. The molecule has 3 aromatic rings.